The molecule has 2 heterocycles. The number of carbonyl (C=O) groups excluding carboxylic acids is 1. The van der Waals surface area contributed by atoms with Gasteiger partial charge in [0.15, 0.2) is 5.60 Å². The van der Waals surface area contributed by atoms with Gasteiger partial charge < -0.3 is 10.4 Å². The van der Waals surface area contributed by atoms with E-state index in [1.807, 2.05) is 18.2 Å². The van der Waals surface area contributed by atoms with E-state index >= 15 is 0 Å². The highest BCUT2D eigenvalue weighted by atomic mass is 16.3. The molecule has 0 saturated carbocycles. The number of nitrogens with zero attached hydrogens (tertiary/aromatic N) is 1. The molecule has 0 bridgehead atoms. The molecule has 0 radical (unpaired) electrons. The third kappa shape index (κ3) is 1.58. The van der Waals surface area contributed by atoms with Crippen molar-refractivity contribution in [2.45, 2.75) is 12.0 Å². The van der Waals surface area contributed by atoms with E-state index < -0.39 is 11.5 Å². The van der Waals surface area contributed by atoms with Crippen LogP contribution in [0, 0.1) is 0 Å². The minimum Gasteiger partial charge on any atom is -0.375 e. The number of amides is 1. The van der Waals surface area contributed by atoms with Crippen LogP contribution in [-0.4, -0.2) is 16.0 Å². The first kappa shape index (κ1) is 10.9. The average molecular weight is 240 g/mol. The lowest BCUT2D eigenvalue weighted by molar-refractivity contribution is -0.133. The Bertz CT molecular complexity index is 598. The zero-order valence-corrected chi connectivity index (χ0v) is 9.63. The maximum Gasteiger partial charge on any atom is 0.261 e. The van der Waals surface area contributed by atoms with Gasteiger partial charge in [-0.2, -0.15) is 0 Å². The van der Waals surface area contributed by atoms with Crippen LogP contribution in [0.2, 0.25) is 0 Å². The van der Waals surface area contributed by atoms with E-state index in [4.69, 9.17) is 0 Å². The van der Waals surface area contributed by atoms with Crippen LogP contribution in [0.25, 0.3) is 0 Å². The topological polar surface area (TPSA) is 62.2 Å². The molecule has 1 aliphatic rings. The highest BCUT2D eigenvalue weighted by Gasteiger charge is 2.45. The average Bonchev–Trinajstić information content (AvgIpc) is 2.63. The lowest BCUT2D eigenvalue weighted by Crippen LogP contribution is -2.36. The number of benzene rings is 1. The van der Waals surface area contributed by atoms with E-state index in [0.717, 1.165) is 0 Å². The Hall–Kier alpha value is -2.20. The summed E-state index contributed by atoms with van der Waals surface area (Å²) in [4.78, 5) is 16.1. The van der Waals surface area contributed by atoms with Crippen molar-refractivity contribution in [2.24, 2.45) is 0 Å². The summed E-state index contributed by atoms with van der Waals surface area (Å²) in [7, 11) is 0. The van der Waals surface area contributed by atoms with E-state index in [-0.39, 0.29) is 6.42 Å². The molecule has 1 amide bonds. The number of hydrogen-bond donors (Lipinski definition) is 2. The molecule has 0 unspecified atom stereocenters. The Labute approximate surface area is 104 Å². The second kappa shape index (κ2) is 3.92. The standard InChI is InChI=1S/C14H12N2O2/c17-13-14(18,9-10-5-3-4-8-15-10)11-6-1-2-7-12(11)16-13/h1-8,18H,9H2,(H,16,17)/t14-/m0/s1. The summed E-state index contributed by atoms with van der Waals surface area (Å²) in [6.45, 7) is 0. The summed E-state index contributed by atoms with van der Waals surface area (Å²) >= 11 is 0. The summed E-state index contributed by atoms with van der Waals surface area (Å²) in [5.74, 6) is -0.394. The zero-order valence-electron chi connectivity index (χ0n) is 9.63. The van der Waals surface area contributed by atoms with Crippen molar-refractivity contribution in [3.8, 4) is 0 Å². The second-order valence-electron chi connectivity index (χ2n) is 4.36. The fraction of sp³-hybridized carbons (Fsp3) is 0.143. The number of anilines is 1. The van der Waals surface area contributed by atoms with E-state index in [9.17, 15) is 9.90 Å². The molecule has 90 valence electrons. The minimum atomic E-state index is -1.52. The SMILES string of the molecule is O=C1Nc2ccccc2[C@@]1(O)Cc1ccccn1. The normalized spacial score (nSPS) is 21.5. The van der Waals surface area contributed by atoms with E-state index in [0.29, 0.717) is 16.9 Å². The molecule has 0 saturated heterocycles. The molecule has 2 aromatic rings. The van der Waals surface area contributed by atoms with Crippen LogP contribution in [0.1, 0.15) is 11.3 Å². The number of rotatable bonds is 2. The number of pyridine rings is 1. The van der Waals surface area contributed by atoms with Crippen molar-refractivity contribution < 1.29 is 9.90 Å². The van der Waals surface area contributed by atoms with Crippen molar-refractivity contribution in [3.63, 3.8) is 0 Å². The minimum absolute atomic E-state index is 0.177. The lowest BCUT2D eigenvalue weighted by Gasteiger charge is -2.20. The third-order valence-electron chi connectivity index (χ3n) is 3.16. The van der Waals surface area contributed by atoms with Crippen LogP contribution in [0.3, 0.4) is 0 Å². The van der Waals surface area contributed by atoms with E-state index in [1.165, 1.54) is 0 Å². The maximum atomic E-state index is 12.0. The summed E-state index contributed by atoms with van der Waals surface area (Å²) in [6.07, 6.45) is 1.83. The smallest absolute Gasteiger partial charge is 0.261 e. The number of carbonyl (C=O) groups is 1. The Kier molecular flexibility index (Phi) is 2.38. The van der Waals surface area contributed by atoms with Crippen molar-refractivity contribution in [1.82, 2.24) is 4.98 Å². The maximum absolute atomic E-state index is 12.0. The Morgan fingerprint density at radius 2 is 1.94 bits per heavy atom. The molecular weight excluding hydrogens is 228 g/mol. The fourth-order valence-corrected chi connectivity index (χ4v) is 2.24. The summed E-state index contributed by atoms with van der Waals surface area (Å²) < 4.78 is 0. The molecule has 1 atom stereocenters. The molecule has 3 rings (SSSR count). The fourth-order valence-electron chi connectivity index (χ4n) is 2.24. The van der Waals surface area contributed by atoms with Gasteiger partial charge in [0.05, 0.1) is 0 Å². The number of para-hydroxylation sites is 1. The van der Waals surface area contributed by atoms with Gasteiger partial charge in [-0.15, -0.1) is 0 Å². The first-order valence-corrected chi connectivity index (χ1v) is 5.73. The van der Waals surface area contributed by atoms with E-state index in [2.05, 4.69) is 10.3 Å². The molecule has 18 heavy (non-hydrogen) atoms. The molecule has 1 aliphatic heterocycles. The van der Waals surface area contributed by atoms with Crippen molar-refractivity contribution in [1.29, 1.82) is 0 Å². The molecule has 4 nitrogen and oxygen atoms in total. The predicted molar refractivity (Wildman–Crippen MR) is 66.9 cm³/mol. The van der Waals surface area contributed by atoms with Gasteiger partial charge in [-0.25, -0.2) is 0 Å². The Morgan fingerprint density at radius 1 is 1.17 bits per heavy atom. The molecule has 2 N–H and O–H groups in total. The van der Waals surface area contributed by atoms with Crippen LogP contribution in [0.15, 0.2) is 48.7 Å². The molecule has 1 aromatic heterocycles. The van der Waals surface area contributed by atoms with Crippen molar-refractivity contribution >= 4 is 11.6 Å². The molecule has 0 fully saturated rings. The van der Waals surface area contributed by atoms with Crippen LogP contribution in [-0.2, 0) is 16.8 Å². The first-order chi connectivity index (χ1) is 8.70. The molecule has 1 aromatic carbocycles. The Balaban J connectivity index is 2.02. The quantitative estimate of drug-likeness (QED) is 0.835. The lowest BCUT2D eigenvalue weighted by atomic mass is 9.90. The summed E-state index contributed by atoms with van der Waals surface area (Å²) in [6, 6.07) is 12.6. The second-order valence-corrected chi connectivity index (χ2v) is 4.36. The summed E-state index contributed by atoms with van der Waals surface area (Å²) in [5.41, 5.74) is 0.443. The third-order valence-corrected chi connectivity index (χ3v) is 3.16. The van der Waals surface area contributed by atoms with Gasteiger partial charge in [-0.05, 0) is 18.2 Å². The van der Waals surface area contributed by atoms with Gasteiger partial charge in [-0.3, -0.25) is 9.78 Å². The monoisotopic (exact) mass is 240 g/mol. The predicted octanol–water partition coefficient (Wildman–Crippen LogP) is 1.46. The van der Waals surface area contributed by atoms with Crippen LogP contribution >= 0.6 is 0 Å². The summed E-state index contributed by atoms with van der Waals surface area (Å²) in [5, 5.41) is 13.3. The van der Waals surface area contributed by atoms with Crippen molar-refractivity contribution in [3.05, 3.63) is 59.9 Å². The van der Waals surface area contributed by atoms with Gasteiger partial charge >= 0.3 is 0 Å². The van der Waals surface area contributed by atoms with Gasteiger partial charge in [0.25, 0.3) is 5.91 Å². The molecule has 4 heteroatoms. The zero-order chi connectivity index (χ0) is 12.6. The number of aromatic nitrogens is 1. The Morgan fingerprint density at radius 3 is 2.72 bits per heavy atom. The van der Waals surface area contributed by atoms with E-state index in [1.54, 1.807) is 30.5 Å². The van der Waals surface area contributed by atoms with Crippen LogP contribution < -0.4 is 5.32 Å². The number of hydrogen-bond acceptors (Lipinski definition) is 3. The number of nitrogens with one attached hydrogen (secondary N) is 1. The number of aliphatic hydroxyl groups is 1. The van der Waals surface area contributed by atoms with Crippen LogP contribution in [0.5, 0.6) is 0 Å². The van der Waals surface area contributed by atoms with Crippen LogP contribution in [0.4, 0.5) is 5.69 Å². The number of fused-ring (bicyclic) bond motifs is 1. The van der Waals surface area contributed by atoms with Gasteiger partial charge in [0.2, 0.25) is 0 Å². The van der Waals surface area contributed by atoms with Gasteiger partial charge in [0, 0.05) is 29.6 Å². The molecular formula is C14H12N2O2. The first-order valence-electron chi connectivity index (χ1n) is 5.73. The van der Waals surface area contributed by atoms with Gasteiger partial charge in [-0.1, -0.05) is 24.3 Å². The van der Waals surface area contributed by atoms with Crippen molar-refractivity contribution in [2.75, 3.05) is 5.32 Å². The molecule has 0 aliphatic carbocycles. The highest BCUT2D eigenvalue weighted by molar-refractivity contribution is 6.05. The highest BCUT2D eigenvalue weighted by Crippen LogP contribution is 2.37. The molecule has 0 spiro atoms. The largest absolute Gasteiger partial charge is 0.375 e. The van der Waals surface area contributed by atoms with Gasteiger partial charge in [0.1, 0.15) is 0 Å².